The standard InChI is InChI=1S/C17H24ClN3O2/c18-15-7-1-2-8-16(15)19-17(23)21-10-4-5-13(21)11-20-9-3-6-14(20)12-22/h1-2,7-8,13-14,22H,3-6,9-12H2,(H,19,23). The normalized spacial score (nSPS) is 25.0. The highest BCUT2D eigenvalue weighted by Crippen LogP contribution is 2.25. The molecule has 0 aliphatic carbocycles. The lowest BCUT2D eigenvalue weighted by Crippen LogP contribution is -2.46. The van der Waals surface area contributed by atoms with E-state index in [4.69, 9.17) is 11.6 Å². The molecule has 1 aromatic rings. The first-order valence-corrected chi connectivity index (χ1v) is 8.74. The number of para-hydroxylation sites is 1. The van der Waals surface area contributed by atoms with Crippen molar-refractivity contribution in [1.82, 2.24) is 9.80 Å². The van der Waals surface area contributed by atoms with Gasteiger partial charge < -0.3 is 15.3 Å². The van der Waals surface area contributed by atoms with Crippen molar-refractivity contribution in [2.24, 2.45) is 0 Å². The van der Waals surface area contributed by atoms with Gasteiger partial charge >= 0.3 is 6.03 Å². The van der Waals surface area contributed by atoms with Crippen LogP contribution in [0.1, 0.15) is 25.7 Å². The number of amides is 2. The Hall–Kier alpha value is -1.30. The first-order valence-electron chi connectivity index (χ1n) is 8.36. The zero-order chi connectivity index (χ0) is 16.2. The van der Waals surface area contributed by atoms with Gasteiger partial charge in [-0.05, 0) is 44.4 Å². The molecule has 1 aromatic carbocycles. The number of anilines is 1. The van der Waals surface area contributed by atoms with E-state index >= 15 is 0 Å². The van der Waals surface area contributed by atoms with Crippen molar-refractivity contribution < 1.29 is 9.90 Å². The van der Waals surface area contributed by atoms with Gasteiger partial charge in [0.1, 0.15) is 0 Å². The minimum Gasteiger partial charge on any atom is -0.395 e. The molecule has 2 fully saturated rings. The minimum absolute atomic E-state index is 0.0830. The number of nitrogens with zero attached hydrogens (tertiary/aromatic N) is 2. The second-order valence-electron chi connectivity index (χ2n) is 6.37. The van der Waals surface area contributed by atoms with Crippen LogP contribution in [-0.2, 0) is 0 Å². The Morgan fingerprint density at radius 2 is 1.96 bits per heavy atom. The van der Waals surface area contributed by atoms with E-state index in [0.29, 0.717) is 10.7 Å². The van der Waals surface area contributed by atoms with E-state index in [1.54, 1.807) is 6.07 Å². The predicted molar refractivity (Wildman–Crippen MR) is 91.9 cm³/mol. The molecule has 0 saturated carbocycles. The largest absolute Gasteiger partial charge is 0.395 e. The van der Waals surface area contributed by atoms with Crippen molar-refractivity contribution in [3.05, 3.63) is 29.3 Å². The average Bonchev–Trinajstić information content (AvgIpc) is 3.19. The summed E-state index contributed by atoms with van der Waals surface area (Å²) in [6, 6.07) is 7.68. The molecule has 0 bridgehead atoms. The highest BCUT2D eigenvalue weighted by Gasteiger charge is 2.33. The molecule has 2 N–H and O–H groups in total. The van der Waals surface area contributed by atoms with Gasteiger partial charge in [0.2, 0.25) is 0 Å². The third kappa shape index (κ3) is 3.79. The van der Waals surface area contributed by atoms with Gasteiger partial charge in [-0.2, -0.15) is 0 Å². The topological polar surface area (TPSA) is 55.8 Å². The summed E-state index contributed by atoms with van der Waals surface area (Å²) in [6.07, 6.45) is 4.22. The quantitative estimate of drug-likeness (QED) is 0.888. The molecule has 2 aliphatic heterocycles. The highest BCUT2D eigenvalue weighted by atomic mass is 35.5. The van der Waals surface area contributed by atoms with Crippen LogP contribution < -0.4 is 5.32 Å². The van der Waals surface area contributed by atoms with Gasteiger partial charge in [-0.3, -0.25) is 4.90 Å². The third-order valence-electron chi connectivity index (χ3n) is 4.91. The van der Waals surface area contributed by atoms with Crippen molar-refractivity contribution >= 4 is 23.3 Å². The van der Waals surface area contributed by atoms with Crippen LogP contribution >= 0.6 is 11.6 Å². The van der Waals surface area contributed by atoms with E-state index in [1.807, 2.05) is 23.1 Å². The summed E-state index contributed by atoms with van der Waals surface area (Å²) in [6.45, 7) is 2.85. The maximum atomic E-state index is 12.6. The maximum Gasteiger partial charge on any atom is 0.322 e. The van der Waals surface area contributed by atoms with Crippen LogP contribution in [0.4, 0.5) is 10.5 Å². The third-order valence-corrected chi connectivity index (χ3v) is 5.24. The second kappa shape index (κ2) is 7.51. The van der Waals surface area contributed by atoms with E-state index in [2.05, 4.69) is 10.2 Å². The van der Waals surface area contributed by atoms with E-state index in [-0.39, 0.29) is 24.7 Å². The molecule has 6 heteroatoms. The number of hydrogen-bond acceptors (Lipinski definition) is 3. The fourth-order valence-electron chi connectivity index (χ4n) is 3.66. The number of nitrogens with one attached hydrogen (secondary N) is 1. The first kappa shape index (κ1) is 16.6. The molecular formula is C17H24ClN3O2. The number of urea groups is 1. The Morgan fingerprint density at radius 3 is 2.74 bits per heavy atom. The Bertz CT molecular complexity index is 554. The fourth-order valence-corrected chi connectivity index (χ4v) is 3.84. The molecule has 0 radical (unpaired) electrons. The van der Waals surface area contributed by atoms with E-state index in [1.165, 1.54) is 0 Å². The molecule has 0 aromatic heterocycles. The summed E-state index contributed by atoms with van der Waals surface area (Å²) in [7, 11) is 0. The summed E-state index contributed by atoms with van der Waals surface area (Å²) in [5.41, 5.74) is 0.652. The molecule has 3 rings (SSSR count). The van der Waals surface area contributed by atoms with Crippen molar-refractivity contribution in [2.75, 3.05) is 31.6 Å². The maximum absolute atomic E-state index is 12.6. The number of carbonyl (C=O) groups is 1. The number of rotatable bonds is 4. The van der Waals surface area contributed by atoms with Crippen molar-refractivity contribution in [2.45, 2.75) is 37.8 Å². The van der Waals surface area contributed by atoms with Gasteiger partial charge in [0.15, 0.2) is 0 Å². The monoisotopic (exact) mass is 337 g/mol. The van der Waals surface area contributed by atoms with Crippen LogP contribution in [0.2, 0.25) is 5.02 Å². The van der Waals surface area contributed by atoms with Crippen LogP contribution in [0.3, 0.4) is 0 Å². The lowest BCUT2D eigenvalue weighted by molar-refractivity contribution is 0.130. The molecule has 23 heavy (non-hydrogen) atoms. The smallest absolute Gasteiger partial charge is 0.322 e. The number of aliphatic hydroxyl groups excluding tert-OH is 1. The minimum atomic E-state index is -0.0830. The molecule has 0 spiro atoms. The molecule has 126 valence electrons. The van der Waals surface area contributed by atoms with E-state index < -0.39 is 0 Å². The van der Waals surface area contributed by atoms with Gasteiger partial charge in [0.05, 0.1) is 17.3 Å². The Kier molecular flexibility index (Phi) is 5.41. The average molecular weight is 338 g/mol. The molecule has 5 nitrogen and oxygen atoms in total. The number of carbonyl (C=O) groups excluding carboxylic acids is 1. The van der Waals surface area contributed by atoms with Crippen LogP contribution in [0.5, 0.6) is 0 Å². The van der Waals surface area contributed by atoms with Crippen molar-refractivity contribution in [3.8, 4) is 0 Å². The lowest BCUT2D eigenvalue weighted by atomic mass is 10.2. The highest BCUT2D eigenvalue weighted by molar-refractivity contribution is 6.33. The zero-order valence-electron chi connectivity index (χ0n) is 13.2. The van der Waals surface area contributed by atoms with Gasteiger partial charge in [0.25, 0.3) is 0 Å². The summed E-state index contributed by atoms with van der Waals surface area (Å²) in [4.78, 5) is 16.8. The van der Waals surface area contributed by atoms with Crippen LogP contribution in [0.15, 0.2) is 24.3 Å². The van der Waals surface area contributed by atoms with E-state index in [0.717, 1.165) is 45.3 Å². The van der Waals surface area contributed by atoms with Crippen LogP contribution in [0, 0.1) is 0 Å². The molecule has 2 amide bonds. The number of hydrogen-bond donors (Lipinski definition) is 2. The molecule has 2 atom stereocenters. The van der Waals surface area contributed by atoms with Crippen LogP contribution in [0.25, 0.3) is 0 Å². The Labute approximate surface area is 142 Å². The van der Waals surface area contributed by atoms with Gasteiger partial charge in [0, 0.05) is 25.2 Å². The SMILES string of the molecule is O=C(Nc1ccccc1Cl)N1CCCC1CN1CCCC1CO. The number of likely N-dealkylation sites (tertiary alicyclic amines) is 2. The Balaban J connectivity index is 1.62. The lowest BCUT2D eigenvalue weighted by Gasteiger charge is -2.31. The molecule has 2 saturated heterocycles. The van der Waals surface area contributed by atoms with Gasteiger partial charge in [-0.15, -0.1) is 0 Å². The molecular weight excluding hydrogens is 314 g/mol. The van der Waals surface area contributed by atoms with Gasteiger partial charge in [-0.25, -0.2) is 4.79 Å². The van der Waals surface area contributed by atoms with Gasteiger partial charge in [-0.1, -0.05) is 23.7 Å². The first-order chi connectivity index (χ1) is 11.2. The molecule has 2 unspecified atom stereocenters. The summed E-state index contributed by atoms with van der Waals surface area (Å²) < 4.78 is 0. The second-order valence-corrected chi connectivity index (χ2v) is 6.78. The molecule has 2 heterocycles. The number of benzene rings is 1. The number of halogens is 1. The fraction of sp³-hybridized carbons (Fsp3) is 0.588. The Morgan fingerprint density at radius 1 is 1.22 bits per heavy atom. The summed E-state index contributed by atoms with van der Waals surface area (Å²) in [5.74, 6) is 0. The number of aliphatic hydroxyl groups is 1. The summed E-state index contributed by atoms with van der Waals surface area (Å²) in [5, 5.41) is 12.9. The predicted octanol–water partition coefficient (Wildman–Crippen LogP) is 2.79. The summed E-state index contributed by atoms with van der Waals surface area (Å²) >= 11 is 6.12. The van der Waals surface area contributed by atoms with Crippen LogP contribution in [-0.4, -0.2) is 59.3 Å². The van der Waals surface area contributed by atoms with Crippen molar-refractivity contribution in [3.63, 3.8) is 0 Å². The molecule has 2 aliphatic rings. The van der Waals surface area contributed by atoms with E-state index in [9.17, 15) is 9.90 Å². The van der Waals surface area contributed by atoms with Crippen molar-refractivity contribution in [1.29, 1.82) is 0 Å². The zero-order valence-corrected chi connectivity index (χ0v) is 14.0.